The van der Waals surface area contributed by atoms with Crippen molar-refractivity contribution in [3.05, 3.63) is 10.6 Å². The number of likely N-dealkylation sites (tertiary alicyclic amines) is 2. The zero-order valence-corrected chi connectivity index (χ0v) is 16.8. The maximum atomic E-state index is 12.8. The summed E-state index contributed by atoms with van der Waals surface area (Å²) >= 11 is 5.58. The molecule has 144 valence electrons. The zero-order chi connectivity index (χ0) is 18.1. The molecular formula is C19H32N5OS+. The number of hydrogen-bond donors (Lipinski definition) is 1. The molecule has 0 spiro atoms. The van der Waals surface area contributed by atoms with Gasteiger partial charge in [-0.3, -0.25) is 4.79 Å². The maximum Gasteiger partial charge on any atom is 0.226 e. The lowest BCUT2D eigenvalue weighted by Gasteiger charge is -2.31. The highest BCUT2D eigenvalue weighted by Crippen LogP contribution is 2.38. The Morgan fingerprint density at radius 2 is 1.77 bits per heavy atom. The first-order valence-corrected chi connectivity index (χ1v) is 10.8. The fraction of sp³-hybridized carbons (Fsp3) is 0.842. The second-order valence-corrected chi connectivity index (χ2v) is 8.76. The summed E-state index contributed by atoms with van der Waals surface area (Å²) in [6.07, 6.45) is 9.40. The van der Waals surface area contributed by atoms with Gasteiger partial charge in [0.2, 0.25) is 10.7 Å². The van der Waals surface area contributed by atoms with E-state index in [9.17, 15) is 4.79 Å². The maximum absolute atomic E-state index is 12.8. The van der Waals surface area contributed by atoms with Crippen LogP contribution in [0, 0.1) is 10.7 Å². The van der Waals surface area contributed by atoms with Crippen LogP contribution in [-0.4, -0.2) is 51.3 Å². The molecule has 1 amide bonds. The van der Waals surface area contributed by atoms with Gasteiger partial charge >= 0.3 is 0 Å². The SMILES string of the molecule is Cn1c(C2CC2)nn(C[NH+]2CCC(C(=O)N3CCCCCC3)CC2)c1=S. The number of nitrogens with zero attached hydrogens (tertiary/aromatic N) is 4. The largest absolute Gasteiger partial charge is 0.342 e. The van der Waals surface area contributed by atoms with Crippen LogP contribution in [0.15, 0.2) is 0 Å². The van der Waals surface area contributed by atoms with Crippen LogP contribution in [-0.2, 0) is 18.5 Å². The van der Waals surface area contributed by atoms with Gasteiger partial charge in [0, 0.05) is 44.8 Å². The van der Waals surface area contributed by atoms with Crippen LogP contribution in [0.1, 0.15) is 63.1 Å². The van der Waals surface area contributed by atoms with Crippen molar-refractivity contribution in [1.29, 1.82) is 0 Å². The minimum absolute atomic E-state index is 0.232. The molecule has 6 nitrogen and oxygen atoms in total. The van der Waals surface area contributed by atoms with Gasteiger partial charge in [0.05, 0.1) is 13.1 Å². The Kier molecular flexibility index (Phi) is 5.45. The Hall–Kier alpha value is -1.21. The Balaban J connectivity index is 1.31. The summed E-state index contributed by atoms with van der Waals surface area (Å²) in [5.74, 6) is 2.42. The first-order valence-electron chi connectivity index (χ1n) is 10.4. The Bertz CT molecular complexity index is 691. The monoisotopic (exact) mass is 378 g/mol. The highest BCUT2D eigenvalue weighted by molar-refractivity contribution is 7.71. The molecule has 3 aliphatic rings. The number of nitrogens with one attached hydrogen (secondary N) is 1. The molecule has 1 aliphatic carbocycles. The first-order chi connectivity index (χ1) is 12.6. The third kappa shape index (κ3) is 3.88. The van der Waals surface area contributed by atoms with Gasteiger partial charge in [-0.15, -0.1) is 0 Å². The average Bonchev–Trinajstić information content (AvgIpc) is 3.48. The number of carbonyl (C=O) groups excluding carboxylic acids is 1. The summed E-state index contributed by atoms with van der Waals surface area (Å²) in [5.41, 5.74) is 0. The van der Waals surface area contributed by atoms with Crippen molar-refractivity contribution in [2.45, 2.75) is 64.0 Å². The molecule has 26 heavy (non-hydrogen) atoms. The highest BCUT2D eigenvalue weighted by atomic mass is 32.1. The Morgan fingerprint density at radius 3 is 2.38 bits per heavy atom. The van der Waals surface area contributed by atoms with Gasteiger partial charge in [-0.1, -0.05) is 12.8 Å². The molecule has 0 radical (unpaired) electrons. The van der Waals surface area contributed by atoms with Crippen LogP contribution < -0.4 is 4.90 Å². The summed E-state index contributed by atoms with van der Waals surface area (Å²) in [6.45, 7) is 4.87. The van der Waals surface area contributed by atoms with E-state index in [4.69, 9.17) is 17.3 Å². The second kappa shape index (κ2) is 7.80. The molecule has 3 fully saturated rings. The topological polar surface area (TPSA) is 47.5 Å². The van der Waals surface area contributed by atoms with Crippen LogP contribution in [0.4, 0.5) is 0 Å². The lowest BCUT2D eigenvalue weighted by atomic mass is 9.95. The van der Waals surface area contributed by atoms with Crippen molar-refractivity contribution in [1.82, 2.24) is 19.2 Å². The van der Waals surface area contributed by atoms with Crippen molar-refractivity contribution in [2.24, 2.45) is 13.0 Å². The molecular weight excluding hydrogens is 346 g/mol. The molecule has 1 saturated carbocycles. The molecule has 0 atom stereocenters. The van der Waals surface area contributed by atoms with E-state index in [1.807, 2.05) is 11.7 Å². The van der Waals surface area contributed by atoms with Crippen molar-refractivity contribution in [3.63, 3.8) is 0 Å². The molecule has 3 heterocycles. The number of quaternary nitrogens is 1. The fourth-order valence-corrected chi connectivity index (χ4v) is 4.70. The number of amides is 1. The van der Waals surface area contributed by atoms with E-state index in [1.54, 1.807) is 0 Å². The van der Waals surface area contributed by atoms with Gasteiger partial charge in [0.1, 0.15) is 5.82 Å². The standard InChI is InChI=1S/C19H31N5OS/c1-21-17(15-6-7-15)20-24(19(21)26)14-22-12-8-16(9-13-22)18(25)23-10-4-2-3-5-11-23/h15-16H,2-14H2,1H3/p+1. The molecule has 7 heteroatoms. The molecule has 0 bridgehead atoms. The van der Waals surface area contributed by atoms with Crippen LogP contribution >= 0.6 is 12.2 Å². The normalized spacial score (nSPS) is 27.3. The number of piperidine rings is 1. The number of rotatable bonds is 4. The lowest BCUT2D eigenvalue weighted by molar-refractivity contribution is -0.929. The Morgan fingerprint density at radius 1 is 1.12 bits per heavy atom. The van der Waals surface area contributed by atoms with E-state index in [-0.39, 0.29) is 5.92 Å². The van der Waals surface area contributed by atoms with E-state index in [0.29, 0.717) is 11.8 Å². The predicted molar refractivity (Wildman–Crippen MR) is 102 cm³/mol. The molecule has 4 rings (SSSR count). The molecule has 1 aromatic heterocycles. The molecule has 1 aromatic rings. The van der Waals surface area contributed by atoms with Crippen LogP contribution in [0.5, 0.6) is 0 Å². The van der Waals surface area contributed by atoms with Gasteiger partial charge < -0.3 is 14.4 Å². The first kappa shape index (κ1) is 18.2. The van der Waals surface area contributed by atoms with Crippen molar-refractivity contribution >= 4 is 18.1 Å². The molecule has 0 aromatic carbocycles. The van der Waals surface area contributed by atoms with Gasteiger partial charge in [-0.25, -0.2) is 0 Å². The van der Waals surface area contributed by atoms with Crippen molar-refractivity contribution in [3.8, 4) is 0 Å². The third-order valence-electron chi connectivity index (χ3n) is 6.35. The summed E-state index contributed by atoms with van der Waals surface area (Å²) in [7, 11) is 2.04. The summed E-state index contributed by atoms with van der Waals surface area (Å²) in [4.78, 5) is 16.5. The van der Waals surface area contributed by atoms with E-state index in [0.717, 1.165) is 56.3 Å². The van der Waals surface area contributed by atoms with E-state index in [2.05, 4.69) is 9.47 Å². The lowest BCUT2D eigenvalue weighted by Crippen LogP contribution is -3.12. The van der Waals surface area contributed by atoms with Gasteiger partial charge in [-0.05, 0) is 37.9 Å². The van der Waals surface area contributed by atoms with Crippen molar-refractivity contribution < 1.29 is 9.69 Å². The zero-order valence-electron chi connectivity index (χ0n) is 16.0. The van der Waals surface area contributed by atoms with E-state index >= 15 is 0 Å². The molecule has 0 unspecified atom stereocenters. The van der Waals surface area contributed by atoms with Crippen LogP contribution in [0.3, 0.4) is 0 Å². The Labute approximate surface area is 161 Å². The quantitative estimate of drug-likeness (QED) is 0.808. The van der Waals surface area contributed by atoms with Gasteiger partial charge in [0.15, 0.2) is 6.67 Å². The molecule has 2 saturated heterocycles. The minimum Gasteiger partial charge on any atom is -0.342 e. The number of carbonyl (C=O) groups is 1. The van der Waals surface area contributed by atoms with E-state index in [1.165, 1.54) is 43.4 Å². The average molecular weight is 379 g/mol. The summed E-state index contributed by atoms with van der Waals surface area (Å²) in [5, 5.41) is 4.78. The van der Waals surface area contributed by atoms with Gasteiger partial charge in [-0.2, -0.15) is 9.78 Å². The van der Waals surface area contributed by atoms with Crippen LogP contribution in [0.2, 0.25) is 0 Å². The van der Waals surface area contributed by atoms with Crippen LogP contribution in [0.25, 0.3) is 0 Å². The predicted octanol–water partition coefficient (Wildman–Crippen LogP) is 1.48. The third-order valence-corrected chi connectivity index (χ3v) is 6.83. The van der Waals surface area contributed by atoms with E-state index < -0.39 is 0 Å². The fourth-order valence-electron chi connectivity index (χ4n) is 4.50. The minimum atomic E-state index is 0.232. The highest BCUT2D eigenvalue weighted by Gasteiger charge is 2.32. The summed E-state index contributed by atoms with van der Waals surface area (Å²) in [6, 6.07) is 0. The number of aromatic nitrogens is 3. The summed E-state index contributed by atoms with van der Waals surface area (Å²) < 4.78 is 4.93. The second-order valence-electron chi connectivity index (χ2n) is 8.40. The van der Waals surface area contributed by atoms with Crippen molar-refractivity contribution in [2.75, 3.05) is 26.2 Å². The number of hydrogen-bond acceptors (Lipinski definition) is 3. The molecule has 2 aliphatic heterocycles. The molecule has 1 N–H and O–H groups in total. The smallest absolute Gasteiger partial charge is 0.226 e. The van der Waals surface area contributed by atoms with Gasteiger partial charge in [0.25, 0.3) is 0 Å².